The third kappa shape index (κ3) is 12.6. The number of hydrogen-bond acceptors (Lipinski definition) is 15. The summed E-state index contributed by atoms with van der Waals surface area (Å²) in [6, 6.07) is 36.3. The van der Waals surface area contributed by atoms with Crippen LogP contribution in [0.2, 0.25) is 18.1 Å². The van der Waals surface area contributed by atoms with Crippen molar-refractivity contribution < 1.29 is 42.1 Å². The summed E-state index contributed by atoms with van der Waals surface area (Å²) in [5, 5.41) is 23.2. The zero-order valence-corrected chi connectivity index (χ0v) is 45.6. The van der Waals surface area contributed by atoms with Crippen molar-refractivity contribution in [1.82, 2.24) is 24.2 Å². The summed E-state index contributed by atoms with van der Waals surface area (Å²) >= 11 is 0. The molecule has 74 heavy (non-hydrogen) atoms. The van der Waals surface area contributed by atoms with Crippen molar-refractivity contribution >= 4 is 45.6 Å². The number of carbonyl (C=O) groups excluding carboxylic acids is 1. The lowest BCUT2D eigenvalue weighted by atomic mass is 9.80. The highest BCUT2D eigenvalue weighted by atomic mass is 31.2. The molecule has 7 rings (SSSR count). The number of rotatable bonds is 23. The number of carbonyl (C=O) groups is 1. The second-order valence-electron chi connectivity index (χ2n) is 20.0. The van der Waals surface area contributed by atoms with E-state index in [9.17, 15) is 20.2 Å². The Labute approximate surface area is 435 Å². The molecule has 1 aliphatic heterocycles. The molecular weight excluding hydrogens is 980 g/mol. The monoisotopic (exact) mass is 1050 g/mol. The first kappa shape index (κ1) is 55.5. The van der Waals surface area contributed by atoms with Gasteiger partial charge in [-0.25, -0.2) is 24.4 Å². The Hall–Kier alpha value is -6.20. The van der Waals surface area contributed by atoms with Crippen LogP contribution in [0.3, 0.4) is 0 Å². The van der Waals surface area contributed by atoms with Crippen LogP contribution in [0.15, 0.2) is 122 Å². The van der Waals surface area contributed by atoms with Crippen LogP contribution in [-0.2, 0) is 39.7 Å². The number of fused-ring (bicyclic) bond motifs is 1. The van der Waals surface area contributed by atoms with Crippen molar-refractivity contribution in [1.29, 1.82) is 5.26 Å². The molecule has 0 saturated carbocycles. The summed E-state index contributed by atoms with van der Waals surface area (Å²) in [4.78, 5) is 37.7. The highest BCUT2D eigenvalue weighted by molar-refractivity contribution is 7.44. The molecule has 1 saturated heterocycles. The van der Waals surface area contributed by atoms with Gasteiger partial charge in [0.25, 0.3) is 14.2 Å². The first-order valence-corrected chi connectivity index (χ1v) is 28.7. The highest BCUT2D eigenvalue weighted by Crippen LogP contribution is 2.53. The minimum Gasteiger partial charge on any atom is -0.497 e. The van der Waals surface area contributed by atoms with E-state index in [1.54, 1.807) is 30.1 Å². The number of non-ortho nitro benzene ring substituents is 1. The van der Waals surface area contributed by atoms with E-state index >= 15 is 0 Å². The SMILES string of the molecule is COc1ccc(C(OC[C@H]2O[C@@H](n3cnc4c(NC(=O)OCCc5ccc([N+](=O)[O-])cc5)ncnc43)[C@H](OP(OCCC#N)N(C(C)C)C(C)C)[C@@H]2O[Si](C)(C)C(C)(C)C)(c2ccccc2)c2ccccc2)cc1. The number of anilines is 1. The minimum atomic E-state index is -2.68. The number of nitrogens with zero attached hydrogens (tertiary/aromatic N) is 7. The maximum atomic E-state index is 13.3. The zero-order valence-electron chi connectivity index (χ0n) is 43.7. The van der Waals surface area contributed by atoms with E-state index in [0.29, 0.717) is 17.8 Å². The third-order valence-corrected chi connectivity index (χ3v) is 19.9. The van der Waals surface area contributed by atoms with E-state index in [-0.39, 0.29) is 60.4 Å². The van der Waals surface area contributed by atoms with Gasteiger partial charge >= 0.3 is 6.09 Å². The summed E-state index contributed by atoms with van der Waals surface area (Å²) in [7, 11) is -2.90. The third-order valence-electron chi connectivity index (χ3n) is 13.3. The number of nitriles is 1. The van der Waals surface area contributed by atoms with Crippen LogP contribution in [0.4, 0.5) is 16.3 Å². The first-order chi connectivity index (χ1) is 35.4. The summed E-state index contributed by atoms with van der Waals surface area (Å²) in [5.41, 5.74) is 2.80. The standard InChI is InChI=1S/C54H67N8O10PSi/c1-37(2)61(38(3)4)73(69-32-17-31-55)71-48-47(72-74(9,10)53(5,6)7)45(34-68-54(40-18-13-11-14-19-40,41-20-15-12-16-21-41)42-24-28-44(66-8)29-25-42)70-51(48)60-36-58-46-49(56-35-57-50(46)60)59-52(63)67-33-30-39-22-26-43(27-23-39)62(64)65/h11-16,18-29,35-38,45,47-48,51H,17,30,32-34H2,1-10H3,(H,56,57,59,63)/t45-,47-,48-,51-,73?/m1/s1. The summed E-state index contributed by atoms with van der Waals surface area (Å²) in [6.07, 6.45) is -0.798. The number of hydrogen-bond donors (Lipinski definition) is 1. The van der Waals surface area contributed by atoms with Gasteiger partial charge in [0.05, 0.1) is 50.7 Å². The second-order valence-corrected chi connectivity index (χ2v) is 26.1. The Bertz CT molecular complexity index is 2780. The number of benzene rings is 4. The molecular formula is C54H67N8O10PSi. The number of aromatic nitrogens is 4. The zero-order chi connectivity index (χ0) is 53.2. The second kappa shape index (κ2) is 24.4. The molecule has 0 radical (unpaired) electrons. The van der Waals surface area contributed by atoms with Gasteiger partial charge in [-0.3, -0.25) is 20.0 Å². The van der Waals surface area contributed by atoms with Gasteiger partial charge in [0.15, 0.2) is 31.5 Å². The molecule has 20 heteroatoms. The predicted molar refractivity (Wildman–Crippen MR) is 285 cm³/mol. The Morgan fingerprint density at radius 1 is 0.892 bits per heavy atom. The molecule has 1 unspecified atom stereocenters. The molecule has 1 fully saturated rings. The van der Waals surface area contributed by atoms with Crippen LogP contribution in [0, 0.1) is 21.4 Å². The van der Waals surface area contributed by atoms with Crippen molar-refractivity contribution in [3.8, 4) is 11.8 Å². The normalized spacial score (nSPS) is 17.7. The van der Waals surface area contributed by atoms with Gasteiger partial charge in [-0.1, -0.05) is 106 Å². The van der Waals surface area contributed by atoms with Crippen LogP contribution in [0.5, 0.6) is 5.75 Å². The van der Waals surface area contributed by atoms with Crippen molar-refractivity contribution in [2.45, 2.75) is 122 Å². The van der Waals surface area contributed by atoms with Gasteiger partial charge < -0.3 is 32.4 Å². The van der Waals surface area contributed by atoms with Crippen molar-refractivity contribution in [2.75, 3.05) is 32.2 Å². The maximum absolute atomic E-state index is 13.3. The fourth-order valence-electron chi connectivity index (χ4n) is 8.67. The van der Waals surface area contributed by atoms with E-state index in [0.717, 1.165) is 22.3 Å². The summed E-state index contributed by atoms with van der Waals surface area (Å²) in [5.74, 6) is 0.798. The number of nitro groups is 1. The number of amides is 1. The molecule has 392 valence electrons. The molecule has 3 heterocycles. The number of ether oxygens (including phenoxy) is 4. The van der Waals surface area contributed by atoms with E-state index in [1.165, 1.54) is 18.5 Å². The van der Waals surface area contributed by atoms with Crippen molar-refractivity contribution in [2.24, 2.45) is 0 Å². The van der Waals surface area contributed by atoms with Crippen LogP contribution in [0.25, 0.3) is 11.2 Å². The van der Waals surface area contributed by atoms with Gasteiger partial charge in [-0.2, -0.15) is 5.26 Å². The lowest BCUT2D eigenvalue weighted by Gasteiger charge is -2.42. The maximum Gasteiger partial charge on any atom is 0.412 e. The van der Waals surface area contributed by atoms with Gasteiger partial charge in [0.1, 0.15) is 36.0 Å². The fraction of sp³-hybridized carbons (Fsp3) is 0.426. The van der Waals surface area contributed by atoms with Gasteiger partial charge in [-0.05, 0) is 80.2 Å². The van der Waals surface area contributed by atoms with E-state index < -0.39 is 58.0 Å². The number of nitro benzene ring substituents is 1. The fourth-order valence-corrected chi connectivity index (χ4v) is 11.7. The van der Waals surface area contributed by atoms with Crippen LogP contribution in [0.1, 0.15) is 83.4 Å². The molecule has 5 atom stereocenters. The molecule has 18 nitrogen and oxygen atoms in total. The van der Waals surface area contributed by atoms with Crippen LogP contribution < -0.4 is 10.1 Å². The molecule has 1 amide bonds. The Balaban J connectivity index is 1.32. The smallest absolute Gasteiger partial charge is 0.412 e. The highest BCUT2D eigenvalue weighted by Gasteiger charge is 2.54. The molecule has 0 aliphatic carbocycles. The lowest BCUT2D eigenvalue weighted by molar-refractivity contribution is -0.384. The van der Waals surface area contributed by atoms with E-state index in [1.807, 2.05) is 60.7 Å². The van der Waals surface area contributed by atoms with Crippen LogP contribution >= 0.6 is 8.53 Å². The Morgan fingerprint density at radius 2 is 1.51 bits per heavy atom. The largest absolute Gasteiger partial charge is 0.497 e. The van der Waals surface area contributed by atoms with Gasteiger partial charge in [0.2, 0.25) is 0 Å². The van der Waals surface area contributed by atoms with Gasteiger partial charge in [0, 0.05) is 30.6 Å². The van der Waals surface area contributed by atoms with Crippen LogP contribution in [-0.4, -0.2) is 101 Å². The number of nitrogens with one attached hydrogen (secondary N) is 1. The molecule has 0 spiro atoms. The quantitative estimate of drug-likeness (QED) is 0.0158. The first-order valence-electron chi connectivity index (χ1n) is 24.7. The lowest BCUT2D eigenvalue weighted by Crippen LogP contribution is -2.51. The number of imidazole rings is 1. The van der Waals surface area contributed by atoms with Crippen molar-refractivity contribution in [3.63, 3.8) is 0 Å². The molecule has 4 aromatic carbocycles. The molecule has 2 aromatic heterocycles. The predicted octanol–water partition coefficient (Wildman–Crippen LogP) is 11.5. The van der Waals surface area contributed by atoms with E-state index in [4.69, 9.17) is 42.4 Å². The minimum absolute atomic E-state index is 0.00218. The van der Waals surface area contributed by atoms with Crippen molar-refractivity contribution in [3.05, 3.63) is 154 Å². The summed E-state index contributed by atoms with van der Waals surface area (Å²) < 4.78 is 51.4. The molecule has 0 bridgehead atoms. The Morgan fingerprint density at radius 3 is 2.08 bits per heavy atom. The Kier molecular flexibility index (Phi) is 18.3. The van der Waals surface area contributed by atoms with Gasteiger partial charge in [-0.15, -0.1) is 0 Å². The molecule has 1 N–H and O–H groups in total. The summed E-state index contributed by atoms with van der Waals surface area (Å²) in [6.45, 7) is 19.4. The molecule has 1 aliphatic rings. The number of methoxy groups -OCH3 is 1. The average molecular weight is 1050 g/mol. The topological polar surface area (TPSA) is 207 Å². The average Bonchev–Trinajstić information content (AvgIpc) is 3.95. The molecule has 6 aromatic rings. The van der Waals surface area contributed by atoms with E-state index in [2.05, 4.69) is 107 Å².